The van der Waals surface area contributed by atoms with E-state index >= 15 is 0 Å². The van der Waals surface area contributed by atoms with Crippen molar-refractivity contribution in [2.75, 3.05) is 24.6 Å². The first kappa shape index (κ1) is 24.8. The van der Waals surface area contributed by atoms with Crippen LogP contribution in [0.15, 0.2) is 53.4 Å². The van der Waals surface area contributed by atoms with Gasteiger partial charge in [-0.1, -0.05) is 36.4 Å². The molecule has 0 amide bonds. The van der Waals surface area contributed by atoms with E-state index in [1.165, 1.54) is 8.99 Å². The van der Waals surface area contributed by atoms with Crippen LogP contribution >= 0.6 is 0 Å². The summed E-state index contributed by atoms with van der Waals surface area (Å²) in [5, 5.41) is 15.1. The number of fused-ring (bicyclic) bond motifs is 1. The minimum Gasteiger partial charge on any atom is -0.493 e. The molecule has 2 aromatic carbocycles. The summed E-state index contributed by atoms with van der Waals surface area (Å²) in [4.78, 5) is 0.184. The van der Waals surface area contributed by atoms with Crippen molar-refractivity contribution in [2.24, 2.45) is 0 Å². The molecular weight excluding hydrogens is 466 g/mol. The SMILES string of the molecule is C/C=C/c1ccc(OC[C@@H](O)Cn2nc(C)c(S(=O)(=O)N3CCc4ccccc43)c2C)c(OC)c1. The van der Waals surface area contributed by atoms with E-state index < -0.39 is 16.1 Å². The molecule has 0 saturated heterocycles. The number of methoxy groups -OCH3 is 1. The van der Waals surface area contributed by atoms with Gasteiger partial charge in [0.1, 0.15) is 17.6 Å². The van der Waals surface area contributed by atoms with E-state index in [0.29, 0.717) is 41.5 Å². The van der Waals surface area contributed by atoms with Crippen LogP contribution in [-0.2, 0) is 23.0 Å². The van der Waals surface area contributed by atoms with Crippen molar-refractivity contribution >= 4 is 21.8 Å². The van der Waals surface area contributed by atoms with Gasteiger partial charge in [-0.3, -0.25) is 8.99 Å². The molecule has 0 saturated carbocycles. The molecule has 1 aliphatic rings. The molecule has 1 atom stereocenters. The highest BCUT2D eigenvalue weighted by atomic mass is 32.2. The van der Waals surface area contributed by atoms with E-state index in [0.717, 1.165) is 11.1 Å². The Morgan fingerprint density at radius 2 is 1.94 bits per heavy atom. The van der Waals surface area contributed by atoms with Gasteiger partial charge in [-0.2, -0.15) is 5.10 Å². The average molecular weight is 498 g/mol. The zero-order valence-electron chi connectivity index (χ0n) is 20.4. The molecule has 1 aromatic heterocycles. The summed E-state index contributed by atoms with van der Waals surface area (Å²) < 4.78 is 41.3. The van der Waals surface area contributed by atoms with Crippen molar-refractivity contribution in [3.05, 3.63) is 71.1 Å². The van der Waals surface area contributed by atoms with E-state index in [2.05, 4.69) is 5.10 Å². The molecule has 0 spiro atoms. The van der Waals surface area contributed by atoms with E-state index in [9.17, 15) is 13.5 Å². The highest BCUT2D eigenvalue weighted by Crippen LogP contribution is 2.34. The average Bonchev–Trinajstić information content (AvgIpc) is 3.39. The fourth-order valence-electron chi connectivity index (χ4n) is 4.44. The second kappa shape index (κ2) is 10.1. The standard InChI is InChI=1S/C26H31N3O5S/c1-5-8-20-11-12-24(25(15-20)33-4)34-17-22(30)16-28-19(3)26(18(2)27-28)35(31,32)29-14-13-21-9-6-7-10-23(21)29/h5-12,15,22,30H,13-14,16-17H2,1-4H3/b8-5+/t22-/m0/s1. The number of hydrogen-bond donors (Lipinski definition) is 1. The van der Waals surface area contributed by atoms with Gasteiger partial charge in [0, 0.05) is 6.54 Å². The van der Waals surface area contributed by atoms with Gasteiger partial charge < -0.3 is 14.6 Å². The number of rotatable bonds is 9. The van der Waals surface area contributed by atoms with Crippen LogP contribution in [0.4, 0.5) is 5.69 Å². The molecule has 8 nitrogen and oxygen atoms in total. The highest BCUT2D eigenvalue weighted by Gasteiger charge is 2.35. The first-order valence-electron chi connectivity index (χ1n) is 11.5. The van der Waals surface area contributed by atoms with Crippen molar-refractivity contribution in [1.82, 2.24) is 9.78 Å². The summed E-state index contributed by atoms with van der Waals surface area (Å²) in [5.74, 6) is 1.09. The van der Waals surface area contributed by atoms with Crippen molar-refractivity contribution in [2.45, 2.75) is 44.7 Å². The summed E-state index contributed by atoms with van der Waals surface area (Å²) in [6.45, 7) is 5.82. The van der Waals surface area contributed by atoms with E-state index in [-0.39, 0.29) is 18.0 Å². The molecule has 1 aliphatic heterocycles. The predicted molar refractivity (Wildman–Crippen MR) is 136 cm³/mol. The van der Waals surface area contributed by atoms with Crippen LogP contribution in [0.3, 0.4) is 0 Å². The number of benzene rings is 2. The number of para-hydroxylation sites is 1. The van der Waals surface area contributed by atoms with E-state index in [4.69, 9.17) is 9.47 Å². The molecule has 0 aliphatic carbocycles. The van der Waals surface area contributed by atoms with Crippen LogP contribution in [-0.4, -0.2) is 49.7 Å². The van der Waals surface area contributed by atoms with Crippen LogP contribution in [0.25, 0.3) is 6.08 Å². The van der Waals surface area contributed by atoms with Crippen molar-refractivity contribution in [3.63, 3.8) is 0 Å². The summed E-state index contributed by atoms with van der Waals surface area (Å²) in [5.41, 5.74) is 3.59. The van der Waals surface area contributed by atoms with Gasteiger partial charge in [-0.25, -0.2) is 8.42 Å². The fourth-order valence-corrected chi connectivity index (χ4v) is 6.32. The summed E-state index contributed by atoms with van der Waals surface area (Å²) >= 11 is 0. The maximum Gasteiger partial charge on any atom is 0.268 e. The molecule has 186 valence electrons. The summed E-state index contributed by atoms with van der Waals surface area (Å²) in [7, 11) is -2.22. The third kappa shape index (κ3) is 4.92. The maximum absolute atomic E-state index is 13.6. The van der Waals surface area contributed by atoms with Gasteiger partial charge in [0.15, 0.2) is 11.5 Å². The van der Waals surface area contributed by atoms with Crippen molar-refractivity contribution in [3.8, 4) is 11.5 Å². The molecule has 3 aromatic rings. The highest BCUT2D eigenvalue weighted by molar-refractivity contribution is 7.93. The first-order valence-corrected chi connectivity index (χ1v) is 13.0. The quantitative estimate of drug-likeness (QED) is 0.484. The van der Waals surface area contributed by atoms with Crippen LogP contribution < -0.4 is 13.8 Å². The van der Waals surface area contributed by atoms with Crippen LogP contribution in [0.1, 0.15) is 29.4 Å². The Bertz CT molecular complexity index is 1350. The van der Waals surface area contributed by atoms with Crippen LogP contribution in [0.5, 0.6) is 11.5 Å². The molecule has 2 heterocycles. The zero-order valence-corrected chi connectivity index (χ0v) is 21.2. The fraction of sp³-hybridized carbons (Fsp3) is 0.346. The number of aryl methyl sites for hydroxylation is 1. The Morgan fingerprint density at radius 3 is 2.69 bits per heavy atom. The Kier molecular flexibility index (Phi) is 7.18. The van der Waals surface area contributed by atoms with E-state index in [1.807, 2.05) is 55.5 Å². The first-order chi connectivity index (χ1) is 16.8. The van der Waals surface area contributed by atoms with Gasteiger partial charge in [-0.15, -0.1) is 0 Å². The number of sulfonamides is 1. The lowest BCUT2D eigenvalue weighted by Crippen LogP contribution is -2.30. The Hall–Kier alpha value is -3.30. The van der Waals surface area contributed by atoms with Gasteiger partial charge >= 0.3 is 0 Å². The minimum atomic E-state index is -3.79. The molecular formula is C26H31N3O5S. The third-order valence-corrected chi connectivity index (χ3v) is 8.14. The maximum atomic E-state index is 13.6. The number of anilines is 1. The zero-order chi connectivity index (χ0) is 25.2. The number of nitrogens with zero attached hydrogens (tertiary/aromatic N) is 3. The van der Waals surface area contributed by atoms with Gasteiger partial charge in [0.2, 0.25) is 0 Å². The number of allylic oxidation sites excluding steroid dienone is 1. The minimum absolute atomic E-state index is 0.000739. The predicted octanol–water partition coefficient (Wildman–Crippen LogP) is 3.73. The lowest BCUT2D eigenvalue weighted by molar-refractivity contribution is 0.0872. The van der Waals surface area contributed by atoms with Gasteiger partial charge in [0.05, 0.1) is 30.7 Å². The number of ether oxygens (including phenoxy) is 2. The number of aliphatic hydroxyl groups is 1. The molecule has 4 rings (SSSR count). The lowest BCUT2D eigenvalue weighted by Gasteiger charge is -2.20. The second-order valence-corrected chi connectivity index (χ2v) is 10.3. The summed E-state index contributed by atoms with van der Waals surface area (Å²) in [6, 6.07) is 13.1. The molecule has 0 bridgehead atoms. The Labute approximate surface area is 206 Å². The smallest absolute Gasteiger partial charge is 0.268 e. The molecule has 9 heteroatoms. The number of aliphatic hydroxyl groups excluding tert-OH is 1. The second-order valence-electron chi connectivity index (χ2n) is 8.51. The lowest BCUT2D eigenvalue weighted by atomic mass is 10.2. The van der Waals surface area contributed by atoms with Gasteiger partial charge in [-0.05, 0) is 56.5 Å². The Balaban J connectivity index is 1.49. The summed E-state index contributed by atoms with van der Waals surface area (Å²) in [6.07, 6.45) is 3.66. The Morgan fingerprint density at radius 1 is 1.17 bits per heavy atom. The molecule has 35 heavy (non-hydrogen) atoms. The largest absolute Gasteiger partial charge is 0.493 e. The molecule has 0 unspecified atom stereocenters. The number of aromatic nitrogens is 2. The molecule has 0 radical (unpaired) electrons. The van der Waals surface area contributed by atoms with Crippen LogP contribution in [0.2, 0.25) is 0 Å². The van der Waals surface area contributed by atoms with Gasteiger partial charge in [0.25, 0.3) is 10.0 Å². The molecule has 0 fully saturated rings. The third-order valence-electron chi connectivity index (χ3n) is 6.07. The topological polar surface area (TPSA) is 93.9 Å². The van der Waals surface area contributed by atoms with Crippen molar-refractivity contribution in [1.29, 1.82) is 0 Å². The van der Waals surface area contributed by atoms with E-state index in [1.54, 1.807) is 27.0 Å². The van der Waals surface area contributed by atoms with Crippen molar-refractivity contribution < 1.29 is 23.0 Å². The monoisotopic (exact) mass is 497 g/mol. The normalized spacial score (nSPS) is 14.4. The molecule has 1 N–H and O–H groups in total. The number of hydrogen-bond acceptors (Lipinski definition) is 6. The van der Waals surface area contributed by atoms with Crippen LogP contribution in [0, 0.1) is 13.8 Å².